The SMILES string of the molecule is OC[C@H]1[C@H](F)[C@@H]1CCc1ccccc1. The van der Waals surface area contributed by atoms with Crippen LogP contribution in [0.5, 0.6) is 0 Å². The van der Waals surface area contributed by atoms with Crippen LogP contribution in [0.1, 0.15) is 12.0 Å². The fourth-order valence-electron chi connectivity index (χ4n) is 1.99. The normalized spacial score (nSPS) is 30.3. The van der Waals surface area contributed by atoms with Gasteiger partial charge in [-0.15, -0.1) is 0 Å². The minimum atomic E-state index is -0.760. The molecule has 1 aromatic carbocycles. The van der Waals surface area contributed by atoms with Gasteiger partial charge >= 0.3 is 0 Å². The number of hydrogen-bond acceptors (Lipinski definition) is 1. The lowest BCUT2D eigenvalue weighted by Crippen LogP contribution is -1.91. The second-order valence-corrected chi connectivity index (χ2v) is 3.98. The third-order valence-corrected chi connectivity index (χ3v) is 3.05. The lowest BCUT2D eigenvalue weighted by molar-refractivity contribution is 0.255. The van der Waals surface area contributed by atoms with Crippen LogP contribution in [-0.2, 0) is 6.42 Å². The van der Waals surface area contributed by atoms with Crippen molar-refractivity contribution in [2.45, 2.75) is 19.0 Å². The minimum absolute atomic E-state index is 0.000618. The van der Waals surface area contributed by atoms with Gasteiger partial charge in [-0.2, -0.15) is 0 Å². The molecule has 14 heavy (non-hydrogen) atoms. The second kappa shape index (κ2) is 4.09. The molecule has 0 bridgehead atoms. The highest BCUT2D eigenvalue weighted by atomic mass is 19.1. The van der Waals surface area contributed by atoms with Gasteiger partial charge in [0.2, 0.25) is 0 Å². The van der Waals surface area contributed by atoms with Crippen LogP contribution >= 0.6 is 0 Å². The summed E-state index contributed by atoms with van der Waals surface area (Å²) in [5.74, 6) is 0.0129. The van der Waals surface area contributed by atoms with Gasteiger partial charge in [0.05, 0.1) is 0 Å². The Morgan fingerprint density at radius 1 is 1.14 bits per heavy atom. The molecule has 0 aromatic heterocycles. The molecule has 0 unspecified atom stereocenters. The first-order valence-electron chi connectivity index (χ1n) is 5.12. The van der Waals surface area contributed by atoms with Gasteiger partial charge in [0.25, 0.3) is 0 Å². The highest BCUT2D eigenvalue weighted by Gasteiger charge is 2.49. The molecule has 0 amide bonds. The standard InChI is InChI=1S/C12H15FO/c13-12-10(11(12)8-14)7-6-9-4-2-1-3-5-9/h1-5,10-12,14H,6-8H2/t10-,11-,12-/m1/s1. The Kier molecular flexibility index (Phi) is 2.82. The summed E-state index contributed by atoms with van der Waals surface area (Å²) in [5.41, 5.74) is 1.25. The number of aliphatic hydroxyl groups is 1. The fourth-order valence-corrected chi connectivity index (χ4v) is 1.99. The van der Waals surface area contributed by atoms with Crippen LogP contribution in [0.2, 0.25) is 0 Å². The molecule has 76 valence electrons. The average molecular weight is 194 g/mol. The van der Waals surface area contributed by atoms with Crippen molar-refractivity contribution in [3.63, 3.8) is 0 Å². The van der Waals surface area contributed by atoms with E-state index in [1.807, 2.05) is 18.2 Å². The maximum Gasteiger partial charge on any atom is 0.109 e. The lowest BCUT2D eigenvalue weighted by atomic mass is 10.1. The van der Waals surface area contributed by atoms with Crippen LogP contribution in [0.4, 0.5) is 4.39 Å². The molecule has 1 nitrogen and oxygen atoms in total. The van der Waals surface area contributed by atoms with Crippen molar-refractivity contribution in [3.05, 3.63) is 35.9 Å². The smallest absolute Gasteiger partial charge is 0.109 e. The molecule has 2 rings (SSSR count). The van der Waals surface area contributed by atoms with E-state index in [1.165, 1.54) is 5.56 Å². The fraction of sp³-hybridized carbons (Fsp3) is 0.500. The van der Waals surface area contributed by atoms with Gasteiger partial charge in [0, 0.05) is 12.5 Å². The molecular formula is C12H15FO. The van der Waals surface area contributed by atoms with E-state index >= 15 is 0 Å². The zero-order valence-corrected chi connectivity index (χ0v) is 8.07. The van der Waals surface area contributed by atoms with E-state index in [0.29, 0.717) is 0 Å². The maximum absolute atomic E-state index is 13.0. The van der Waals surface area contributed by atoms with Gasteiger partial charge in [0.15, 0.2) is 0 Å². The molecule has 3 atom stereocenters. The summed E-state index contributed by atoms with van der Waals surface area (Å²) in [6.45, 7) is 0.000618. The third kappa shape index (κ3) is 1.95. The molecular weight excluding hydrogens is 179 g/mol. The molecule has 1 saturated carbocycles. The van der Waals surface area contributed by atoms with Gasteiger partial charge in [-0.1, -0.05) is 30.3 Å². The van der Waals surface area contributed by atoms with Gasteiger partial charge in [-0.3, -0.25) is 0 Å². The van der Waals surface area contributed by atoms with E-state index in [2.05, 4.69) is 12.1 Å². The molecule has 2 heteroatoms. The number of benzene rings is 1. The van der Waals surface area contributed by atoms with Crippen molar-refractivity contribution in [3.8, 4) is 0 Å². The summed E-state index contributed by atoms with van der Waals surface area (Å²) >= 11 is 0. The van der Waals surface area contributed by atoms with Gasteiger partial charge in [-0.25, -0.2) is 4.39 Å². The predicted molar refractivity (Wildman–Crippen MR) is 53.7 cm³/mol. The zero-order chi connectivity index (χ0) is 9.97. The Labute approximate surface area is 83.6 Å². The van der Waals surface area contributed by atoms with Crippen molar-refractivity contribution >= 4 is 0 Å². The van der Waals surface area contributed by atoms with E-state index in [1.54, 1.807) is 0 Å². The first kappa shape index (κ1) is 9.66. The quantitative estimate of drug-likeness (QED) is 0.779. The van der Waals surface area contributed by atoms with Gasteiger partial charge in [0.1, 0.15) is 6.17 Å². The number of rotatable bonds is 4. The van der Waals surface area contributed by atoms with Crippen molar-refractivity contribution in [1.29, 1.82) is 0 Å². The van der Waals surface area contributed by atoms with E-state index in [4.69, 9.17) is 5.11 Å². The van der Waals surface area contributed by atoms with Gasteiger partial charge in [-0.05, 0) is 24.3 Å². The van der Waals surface area contributed by atoms with Crippen LogP contribution in [0.3, 0.4) is 0 Å². The van der Waals surface area contributed by atoms with Crippen LogP contribution in [0, 0.1) is 11.8 Å². The lowest BCUT2D eigenvalue weighted by Gasteiger charge is -1.99. The Balaban J connectivity index is 1.79. The van der Waals surface area contributed by atoms with E-state index < -0.39 is 6.17 Å². The first-order valence-corrected chi connectivity index (χ1v) is 5.12. The third-order valence-electron chi connectivity index (χ3n) is 3.05. The number of alkyl halides is 1. The van der Waals surface area contributed by atoms with E-state index in [9.17, 15) is 4.39 Å². The summed E-state index contributed by atoms with van der Waals surface area (Å²) in [6, 6.07) is 10.1. The number of aliphatic hydroxyl groups excluding tert-OH is 1. The van der Waals surface area contributed by atoms with Gasteiger partial charge < -0.3 is 5.11 Å². The van der Waals surface area contributed by atoms with Crippen LogP contribution in [0.25, 0.3) is 0 Å². The van der Waals surface area contributed by atoms with Crippen molar-refractivity contribution in [1.82, 2.24) is 0 Å². The molecule has 0 radical (unpaired) electrons. The number of halogens is 1. The topological polar surface area (TPSA) is 20.2 Å². The minimum Gasteiger partial charge on any atom is -0.396 e. The Morgan fingerprint density at radius 3 is 2.43 bits per heavy atom. The Bertz CT molecular complexity index is 286. The highest BCUT2D eigenvalue weighted by molar-refractivity contribution is 5.15. The predicted octanol–water partition coefficient (Wildman–Crippen LogP) is 2.20. The Hall–Kier alpha value is -0.890. The van der Waals surface area contributed by atoms with Crippen LogP contribution in [-0.4, -0.2) is 17.9 Å². The van der Waals surface area contributed by atoms with E-state index in [0.717, 1.165) is 12.8 Å². The summed E-state index contributed by atoms with van der Waals surface area (Å²) < 4.78 is 13.0. The Morgan fingerprint density at radius 2 is 1.86 bits per heavy atom. The molecule has 1 aromatic rings. The molecule has 0 aliphatic heterocycles. The molecule has 0 saturated heterocycles. The molecule has 0 spiro atoms. The molecule has 1 aliphatic rings. The summed E-state index contributed by atoms with van der Waals surface area (Å²) in [4.78, 5) is 0. The monoisotopic (exact) mass is 194 g/mol. The molecule has 1 fully saturated rings. The van der Waals surface area contributed by atoms with Crippen LogP contribution < -0.4 is 0 Å². The molecule has 0 heterocycles. The highest BCUT2D eigenvalue weighted by Crippen LogP contribution is 2.44. The summed E-state index contributed by atoms with van der Waals surface area (Å²) in [6.07, 6.45) is 1.02. The van der Waals surface area contributed by atoms with E-state index in [-0.39, 0.29) is 18.4 Å². The summed E-state index contributed by atoms with van der Waals surface area (Å²) in [7, 11) is 0. The number of hydrogen-bond donors (Lipinski definition) is 1. The first-order chi connectivity index (χ1) is 6.83. The molecule has 1 N–H and O–H groups in total. The largest absolute Gasteiger partial charge is 0.396 e. The summed E-state index contributed by atoms with van der Waals surface area (Å²) in [5, 5.41) is 8.80. The zero-order valence-electron chi connectivity index (χ0n) is 8.07. The maximum atomic E-state index is 13.0. The number of aryl methyl sites for hydroxylation is 1. The second-order valence-electron chi connectivity index (χ2n) is 3.98. The van der Waals surface area contributed by atoms with Crippen molar-refractivity contribution in [2.24, 2.45) is 11.8 Å². The van der Waals surface area contributed by atoms with Crippen molar-refractivity contribution < 1.29 is 9.50 Å². The molecule has 1 aliphatic carbocycles. The van der Waals surface area contributed by atoms with Crippen LogP contribution in [0.15, 0.2) is 30.3 Å². The average Bonchev–Trinajstić information content (AvgIpc) is 2.87. The van der Waals surface area contributed by atoms with Crippen molar-refractivity contribution in [2.75, 3.05) is 6.61 Å².